The lowest BCUT2D eigenvalue weighted by Crippen LogP contribution is -2.26. The molecule has 0 bridgehead atoms. The zero-order valence-electron chi connectivity index (χ0n) is 32.4. The molecule has 0 aromatic heterocycles. The maximum absolute atomic E-state index is 4.37. The molecule has 0 radical (unpaired) electrons. The predicted octanol–water partition coefficient (Wildman–Crippen LogP) is 14.3. The fourth-order valence-corrected chi connectivity index (χ4v) is 9.21. The van der Waals surface area contributed by atoms with Crippen molar-refractivity contribution in [2.75, 3.05) is 11.9 Å². The Hall–Kier alpha value is -6.77. The average Bonchev–Trinajstić information content (AvgIpc) is 3.73. The lowest BCUT2D eigenvalue weighted by molar-refractivity contribution is 0.797. The van der Waals surface area contributed by atoms with Crippen LogP contribution < -0.4 is 4.90 Å². The third kappa shape index (κ3) is 5.36. The molecule has 0 heterocycles. The van der Waals surface area contributed by atoms with Crippen LogP contribution in [0.25, 0.3) is 55.3 Å². The molecule has 2 nitrogen and oxygen atoms in total. The number of benzene rings is 8. The SMILES string of the molecule is C/C=C(\C=NC)N(c1ccccc1)c1cccc(-c2ccc(-c3cccc4c3C3(c5ccccc5-c5ccccc53)c3cc5ccccc5cc3-4)cc2)c1.CC. The van der Waals surface area contributed by atoms with E-state index in [9.17, 15) is 0 Å². The number of hydrogen-bond acceptors (Lipinski definition) is 2. The van der Waals surface area contributed by atoms with Crippen molar-refractivity contribution in [2.24, 2.45) is 4.99 Å². The van der Waals surface area contributed by atoms with Gasteiger partial charge in [0.2, 0.25) is 0 Å². The largest absolute Gasteiger partial charge is 0.309 e. The first-order valence-corrected chi connectivity index (χ1v) is 19.7. The molecule has 2 aliphatic carbocycles. The van der Waals surface area contributed by atoms with E-state index < -0.39 is 5.41 Å². The van der Waals surface area contributed by atoms with Gasteiger partial charge in [0.05, 0.1) is 11.1 Å². The average molecular weight is 721 g/mol. The van der Waals surface area contributed by atoms with Crippen LogP contribution in [0.5, 0.6) is 0 Å². The molecule has 1 spiro atoms. The van der Waals surface area contributed by atoms with Crippen LogP contribution in [0, 0.1) is 0 Å². The van der Waals surface area contributed by atoms with Crippen LogP contribution in [0.1, 0.15) is 43.0 Å². The number of para-hydroxylation sites is 1. The van der Waals surface area contributed by atoms with E-state index in [0.717, 1.165) is 22.6 Å². The first-order chi connectivity index (χ1) is 27.7. The number of hydrogen-bond donors (Lipinski definition) is 0. The molecule has 0 N–H and O–H groups in total. The molecule has 0 amide bonds. The molecule has 0 saturated heterocycles. The van der Waals surface area contributed by atoms with E-state index >= 15 is 0 Å². The first kappa shape index (κ1) is 35.0. The molecular weight excluding hydrogens is 677 g/mol. The van der Waals surface area contributed by atoms with Crippen LogP contribution in [0.2, 0.25) is 0 Å². The molecular formula is C54H44N2. The molecule has 8 aromatic rings. The molecule has 2 aliphatic rings. The maximum atomic E-state index is 4.37. The van der Waals surface area contributed by atoms with E-state index in [1.807, 2.05) is 27.1 Å². The van der Waals surface area contributed by atoms with Crippen LogP contribution >= 0.6 is 0 Å². The van der Waals surface area contributed by atoms with E-state index in [2.05, 4.69) is 205 Å². The van der Waals surface area contributed by atoms with Gasteiger partial charge < -0.3 is 4.90 Å². The van der Waals surface area contributed by atoms with Gasteiger partial charge >= 0.3 is 0 Å². The van der Waals surface area contributed by atoms with Crippen LogP contribution in [0.4, 0.5) is 11.4 Å². The second-order valence-electron chi connectivity index (χ2n) is 14.2. The normalized spacial score (nSPS) is 13.2. The van der Waals surface area contributed by atoms with Gasteiger partial charge in [0, 0.05) is 24.6 Å². The molecule has 56 heavy (non-hydrogen) atoms. The lowest BCUT2D eigenvalue weighted by atomic mass is 9.68. The third-order valence-electron chi connectivity index (χ3n) is 11.4. The van der Waals surface area contributed by atoms with Gasteiger partial charge in [0.25, 0.3) is 0 Å². The Balaban J connectivity index is 0.00000202. The molecule has 270 valence electrons. The summed E-state index contributed by atoms with van der Waals surface area (Å²) in [5.41, 5.74) is 18.3. The van der Waals surface area contributed by atoms with Gasteiger partial charge in [-0.3, -0.25) is 4.99 Å². The fourth-order valence-electron chi connectivity index (χ4n) is 9.21. The van der Waals surface area contributed by atoms with Gasteiger partial charge in [-0.15, -0.1) is 0 Å². The Morgan fingerprint density at radius 3 is 1.70 bits per heavy atom. The molecule has 0 aliphatic heterocycles. The Kier molecular flexibility index (Phi) is 9.03. The Labute approximate surface area is 330 Å². The van der Waals surface area contributed by atoms with Crippen LogP contribution in [0.3, 0.4) is 0 Å². The summed E-state index contributed by atoms with van der Waals surface area (Å²) in [6, 6.07) is 67.2. The Morgan fingerprint density at radius 1 is 0.464 bits per heavy atom. The summed E-state index contributed by atoms with van der Waals surface area (Å²) in [5.74, 6) is 0. The zero-order valence-corrected chi connectivity index (χ0v) is 32.4. The van der Waals surface area contributed by atoms with Gasteiger partial charge in [-0.1, -0.05) is 166 Å². The van der Waals surface area contributed by atoms with Crippen molar-refractivity contribution >= 4 is 28.4 Å². The highest BCUT2D eigenvalue weighted by atomic mass is 15.2. The molecule has 10 rings (SSSR count). The van der Waals surface area contributed by atoms with Crippen LogP contribution in [-0.2, 0) is 5.41 Å². The highest BCUT2D eigenvalue weighted by molar-refractivity contribution is 6.02. The smallest absolute Gasteiger partial charge is 0.0731 e. The van der Waals surface area contributed by atoms with Gasteiger partial charge in [-0.05, 0) is 121 Å². The van der Waals surface area contributed by atoms with Crippen molar-refractivity contribution in [3.05, 3.63) is 216 Å². The van der Waals surface area contributed by atoms with Crippen molar-refractivity contribution < 1.29 is 0 Å². The summed E-state index contributed by atoms with van der Waals surface area (Å²) in [5, 5.41) is 2.54. The van der Waals surface area contributed by atoms with E-state index in [1.165, 1.54) is 72.0 Å². The van der Waals surface area contributed by atoms with Crippen molar-refractivity contribution in [3.8, 4) is 44.5 Å². The highest BCUT2D eigenvalue weighted by Crippen LogP contribution is 2.64. The van der Waals surface area contributed by atoms with Crippen molar-refractivity contribution in [1.29, 1.82) is 0 Å². The Bertz CT molecular complexity index is 2740. The zero-order chi connectivity index (χ0) is 38.2. The minimum absolute atomic E-state index is 0.432. The third-order valence-corrected chi connectivity index (χ3v) is 11.4. The fraction of sp³-hybridized carbons (Fsp3) is 0.0926. The summed E-state index contributed by atoms with van der Waals surface area (Å²) >= 11 is 0. The summed E-state index contributed by atoms with van der Waals surface area (Å²) in [4.78, 5) is 6.63. The monoisotopic (exact) mass is 720 g/mol. The molecule has 2 heteroatoms. The van der Waals surface area contributed by atoms with Crippen molar-refractivity contribution in [1.82, 2.24) is 0 Å². The number of aliphatic imine (C=N–C) groups is 1. The van der Waals surface area contributed by atoms with Gasteiger partial charge in [-0.2, -0.15) is 0 Å². The molecule has 0 unspecified atom stereocenters. The minimum Gasteiger partial charge on any atom is -0.309 e. The number of allylic oxidation sites excluding steroid dienone is 2. The van der Waals surface area contributed by atoms with Crippen molar-refractivity contribution in [2.45, 2.75) is 26.2 Å². The van der Waals surface area contributed by atoms with Crippen molar-refractivity contribution in [3.63, 3.8) is 0 Å². The summed E-state index contributed by atoms with van der Waals surface area (Å²) in [7, 11) is 1.82. The number of nitrogens with zero attached hydrogens (tertiary/aromatic N) is 2. The summed E-state index contributed by atoms with van der Waals surface area (Å²) in [6.07, 6.45) is 4.02. The second-order valence-corrected chi connectivity index (χ2v) is 14.2. The predicted molar refractivity (Wildman–Crippen MR) is 239 cm³/mol. The second kappa shape index (κ2) is 14.5. The summed E-state index contributed by atoms with van der Waals surface area (Å²) in [6.45, 7) is 6.06. The van der Waals surface area contributed by atoms with Crippen LogP contribution in [-0.4, -0.2) is 13.3 Å². The van der Waals surface area contributed by atoms with Gasteiger partial charge in [0.1, 0.15) is 0 Å². The molecule has 0 fully saturated rings. The first-order valence-electron chi connectivity index (χ1n) is 19.7. The number of anilines is 2. The molecule has 8 aromatic carbocycles. The van der Waals surface area contributed by atoms with E-state index in [0.29, 0.717) is 0 Å². The van der Waals surface area contributed by atoms with E-state index in [-0.39, 0.29) is 0 Å². The molecule has 0 atom stereocenters. The highest BCUT2D eigenvalue weighted by Gasteiger charge is 2.52. The Morgan fingerprint density at radius 2 is 1.02 bits per heavy atom. The standard InChI is InChI=1S/C52H38N2.C2H6/c1-3-40(34-53-2)54(41-18-5-4-6-19-41)42-20-13-17-37(31-42)35-27-29-36(30-28-35)43-23-14-24-46-47-32-38-15-7-8-16-39(38)33-50(47)52(51(43)46)48-25-11-9-21-44(48)45-22-10-12-26-49(45)52;1-2/h3-34H,1-2H3;1-2H3/b40-3+,53-34?;. The molecule has 0 saturated carbocycles. The quantitative estimate of drug-likeness (QED) is 0.156. The summed E-state index contributed by atoms with van der Waals surface area (Å²) < 4.78 is 0. The minimum atomic E-state index is -0.432. The lowest BCUT2D eigenvalue weighted by Gasteiger charge is -2.32. The van der Waals surface area contributed by atoms with E-state index in [1.54, 1.807) is 0 Å². The van der Waals surface area contributed by atoms with Gasteiger partial charge in [-0.25, -0.2) is 0 Å². The van der Waals surface area contributed by atoms with E-state index in [4.69, 9.17) is 0 Å². The van der Waals surface area contributed by atoms with Crippen LogP contribution in [0.15, 0.2) is 199 Å². The van der Waals surface area contributed by atoms with Gasteiger partial charge in [0.15, 0.2) is 0 Å². The number of rotatable bonds is 6. The topological polar surface area (TPSA) is 15.6 Å². The maximum Gasteiger partial charge on any atom is 0.0731 e. The number of fused-ring (bicyclic) bond motifs is 11.